The first kappa shape index (κ1) is 44.4. The summed E-state index contributed by atoms with van der Waals surface area (Å²) in [5.74, 6) is -1.99. The lowest BCUT2D eigenvalue weighted by Crippen LogP contribution is -2.32. The first-order valence-electron chi connectivity index (χ1n) is 19.3. The molecule has 0 spiro atoms. The van der Waals surface area contributed by atoms with Crippen molar-refractivity contribution in [2.75, 3.05) is 26.4 Å². The van der Waals surface area contributed by atoms with Gasteiger partial charge in [0.1, 0.15) is 29.0 Å². The van der Waals surface area contributed by atoms with E-state index in [9.17, 15) is 30.7 Å². The zero-order chi connectivity index (χ0) is 41.1. The Balaban J connectivity index is 0.000000218. The second-order valence-corrected chi connectivity index (χ2v) is 14.8. The second kappa shape index (κ2) is 20.8. The zero-order valence-corrected chi connectivity index (χ0v) is 33.0. The third kappa shape index (κ3) is 13.2. The molecule has 2 aliphatic heterocycles. The molecule has 2 heterocycles. The highest BCUT2D eigenvalue weighted by atomic mass is 35.5. The van der Waals surface area contributed by atoms with Gasteiger partial charge in [-0.3, -0.25) is 0 Å². The molecular formula is C44H48ClF7O5. The summed E-state index contributed by atoms with van der Waals surface area (Å²) in [7, 11) is 0. The molecule has 0 aromatic heterocycles. The maximum absolute atomic E-state index is 14.6. The van der Waals surface area contributed by atoms with E-state index in [-0.39, 0.29) is 39.9 Å². The molecule has 0 saturated carbocycles. The molecule has 6 rings (SSSR count). The molecule has 2 fully saturated rings. The third-order valence-corrected chi connectivity index (χ3v) is 10.4. The fourth-order valence-corrected chi connectivity index (χ4v) is 6.76. The lowest BCUT2D eigenvalue weighted by atomic mass is 9.99. The van der Waals surface area contributed by atoms with Crippen molar-refractivity contribution in [2.24, 2.45) is 11.8 Å². The molecule has 4 aromatic rings. The Bertz CT molecular complexity index is 1880. The fourth-order valence-electron chi connectivity index (χ4n) is 6.54. The SMILES string of the molecule is CCC1COC(CCc2ccc(-c3ccc(OC(F)(F)F)c(Cl)c3)c(F)c2)OC1.CCCCC1COC(CCc2ccc(-c3cc(F)c(C)c(F)c3)c(F)c2)OC1. The van der Waals surface area contributed by atoms with Crippen molar-refractivity contribution in [3.63, 3.8) is 0 Å². The summed E-state index contributed by atoms with van der Waals surface area (Å²) in [6, 6.07) is 15.5. The van der Waals surface area contributed by atoms with E-state index in [1.807, 2.05) is 0 Å². The number of ether oxygens (including phenoxy) is 5. The number of alkyl halides is 3. The minimum absolute atomic E-state index is 0.0646. The largest absolute Gasteiger partial charge is 0.573 e. The van der Waals surface area contributed by atoms with Crippen LogP contribution in [0.3, 0.4) is 0 Å². The number of aryl methyl sites for hydroxylation is 2. The van der Waals surface area contributed by atoms with Gasteiger partial charge >= 0.3 is 6.36 Å². The Morgan fingerprint density at radius 3 is 1.60 bits per heavy atom. The molecule has 0 unspecified atom stereocenters. The first-order chi connectivity index (χ1) is 27.2. The number of hydrogen-bond acceptors (Lipinski definition) is 5. The topological polar surface area (TPSA) is 46.2 Å². The van der Waals surface area contributed by atoms with Gasteiger partial charge in [-0.05, 0) is 91.3 Å². The quantitative estimate of drug-likeness (QED) is 0.126. The van der Waals surface area contributed by atoms with E-state index in [4.69, 9.17) is 30.5 Å². The molecule has 13 heteroatoms. The zero-order valence-electron chi connectivity index (χ0n) is 32.2. The molecule has 2 aliphatic rings. The number of benzene rings is 4. The maximum Gasteiger partial charge on any atom is 0.573 e. The van der Waals surface area contributed by atoms with Crippen LogP contribution < -0.4 is 4.74 Å². The monoisotopic (exact) mass is 824 g/mol. The molecular weight excluding hydrogens is 777 g/mol. The van der Waals surface area contributed by atoms with Crippen LogP contribution >= 0.6 is 11.6 Å². The van der Waals surface area contributed by atoms with Crippen molar-refractivity contribution < 1.29 is 54.4 Å². The molecule has 57 heavy (non-hydrogen) atoms. The lowest BCUT2D eigenvalue weighted by molar-refractivity contribution is -0.274. The summed E-state index contributed by atoms with van der Waals surface area (Å²) in [6.07, 6.45) is 1.53. The van der Waals surface area contributed by atoms with Gasteiger partial charge in [0.2, 0.25) is 0 Å². The van der Waals surface area contributed by atoms with Crippen molar-refractivity contribution in [3.05, 3.63) is 112 Å². The van der Waals surface area contributed by atoms with Crippen LogP contribution in [0.15, 0.2) is 66.7 Å². The lowest BCUT2D eigenvalue weighted by Gasteiger charge is -2.29. The minimum atomic E-state index is -4.85. The standard InChI is InChI=1S/C23H27F3O2.C21H21ClF4O3/c1-3-4-5-17-13-27-23(28-14-17)9-7-16-6-8-19(22(26)10-16)18-11-20(24)15(2)21(25)12-18;1-2-13-11-27-20(28-12-13)8-4-14-3-6-16(18(23)9-14)15-5-7-19(17(22)10-15)29-21(24,25)26/h6,8,10-12,17,23H,3-5,7,9,13-14H2,1-2H3;3,5-7,9-10,13,20H,2,4,8,11-12H2,1H3. The molecule has 0 radical (unpaired) electrons. The highest BCUT2D eigenvalue weighted by Crippen LogP contribution is 2.35. The summed E-state index contributed by atoms with van der Waals surface area (Å²) >= 11 is 5.85. The first-order valence-corrected chi connectivity index (χ1v) is 19.7. The van der Waals surface area contributed by atoms with Crippen LogP contribution in [0.1, 0.15) is 69.1 Å². The van der Waals surface area contributed by atoms with E-state index in [1.54, 1.807) is 24.3 Å². The van der Waals surface area contributed by atoms with Crippen molar-refractivity contribution in [2.45, 2.75) is 91.1 Å². The van der Waals surface area contributed by atoms with E-state index in [0.29, 0.717) is 69.5 Å². The number of rotatable bonds is 13. The average molecular weight is 825 g/mol. The van der Waals surface area contributed by atoms with Gasteiger partial charge in [0.05, 0.1) is 31.5 Å². The van der Waals surface area contributed by atoms with Gasteiger partial charge in [-0.25, -0.2) is 17.6 Å². The molecule has 310 valence electrons. The number of halogens is 8. The molecule has 0 N–H and O–H groups in total. The molecule has 0 aliphatic carbocycles. The van der Waals surface area contributed by atoms with Crippen LogP contribution in [-0.4, -0.2) is 45.4 Å². The Morgan fingerprint density at radius 1 is 0.632 bits per heavy atom. The van der Waals surface area contributed by atoms with E-state index in [0.717, 1.165) is 42.2 Å². The molecule has 4 aromatic carbocycles. The van der Waals surface area contributed by atoms with Crippen molar-refractivity contribution >= 4 is 11.6 Å². The predicted molar refractivity (Wildman–Crippen MR) is 205 cm³/mol. The van der Waals surface area contributed by atoms with E-state index in [2.05, 4.69) is 18.6 Å². The maximum atomic E-state index is 14.6. The average Bonchev–Trinajstić information content (AvgIpc) is 3.18. The van der Waals surface area contributed by atoms with E-state index < -0.39 is 35.4 Å². The van der Waals surface area contributed by atoms with Crippen LogP contribution in [0, 0.1) is 42.0 Å². The Kier molecular flexibility index (Phi) is 16.2. The number of unbranched alkanes of at least 4 members (excludes halogenated alkanes) is 1. The Hall–Kier alpha value is -3.68. The van der Waals surface area contributed by atoms with E-state index >= 15 is 0 Å². The van der Waals surface area contributed by atoms with Gasteiger partial charge < -0.3 is 23.7 Å². The highest BCUT2D eigenvalue weighted by Gasteiger charge is 2.32. The Morgan fingerprint density at radius 2 is 1.14 bits per heavy atom. The molecule has 2 saturated heterocycles. The minimum Gasteiger partial charge on any atom is -0.404 e. The van der Waals surface area contributed by atoms with Gasteiger partial charge in [-0.1, -0.05) is 68.6 Å². The highest BCUT2D eigenvalue weighted by molar-refractivity contribution is 6.32. The van der Waals surface area contributed by atoms with Gasteiger partial charge in [0, 0.05) is 41.4 Å². The molecule has 0 atom stereocenters. The third-order valence-electron chi connectivity index (χ3n) is 10.1. The number of hydrogen-bond donors (Lipinski definition) is 0. The van der Waals surface area contributed by atoms with Crippen LogP contribution in [0.5, 0.6) is 5.75 Å². The summed E-state index contributed by atoms with van der Waals surface area (Å²) in [5.41, 5.74) is 2.49. The van der Waals surface area contributed by atoms with Gasteiger partial charge in [-0.15, -0.1) is 13.2 Å². The summed E-state index contributed by atoms with van der Waals surface area (Å²) in [6.45, 7) is 8.38. The van der Waals surface area contributed by atoms with Crippen LogP contribution in [0.4, 0.5) is 30.7 Å². The van der Waals surface area contributed by atoms with Gasteiger partial charge in [-0.2, -0.15) is 0 Å². The molecule has 0 bridgehead atoms. The summed E-state index contributed by atoms with van der Waals surface area (Å²) < 4.78 is 120. The summed E-state index contributed by atoms with van der Waals surface area (Å²) in [5, 5.41) is -0.250. The second-order valence-electron chi connectivity index (χ2n) is 14.4. The van der Waals surface area contributed by atoms with Gasteiger partial charge in [0.25, 0.3) is 0 Å². The smallest absolute Gasteiger partial charge is 0.404 e. The van der Waals surface area contributed by atoms with E-state index in [1.165, 1.54) is 44.0 Å². The molecule has 5 nitrogen and oxygen atoms in total. The normalized spacial score (nSPS) is 19.8. The van der Waals surface area contributed by atoms with Gasteiger partial charge in [0.15, 0.2) is 12.6 Å². The fraction of sp³-hybridized carbons (Fsp3) is 0.455. The van der Waals surface area contributed by atoms with Crippen LogP contribution in [0.25, 0.3) is 22.3 Å². The molecule has 0 amide bonds. The van der Waals surface area contributed by atoms with Crippen molar-refractivity contribution in [3.8, 4) is 28.0 Å². The Labute approximate surface area is 334 Å². The van der Waals surface area contributed by atoms with Crippen LogP contribution in [-0.2, 0) is 31.8 Å². The predicted octanol–water partition coefficient (Wildman–Crippen LogP) is 12.6. The summed E-state index contributed by atoms with van der Waals surface area (Å²) in [4.78, 5) is 0. The van der Waals surface area contributed by atoms with Crippen molar-refractivity contribution in [1.29, 1.82) is 0 Å². The van der Waals surface area contributed by atoms with Crippen LogP contribution in [0.2, 0.25) is 5.02 Å². The van der Waals surface area contributed by atoms with Crippen molar-refractivity contribution in [1.82, 2.24) is 0 Å².